The summed E-state index contributed by atoms with van der Waals surface area (Å²) in [7, 11) is -2.83. The Labute approximate surface area is 240 Å². The van der Waals surface area contributed by atoms with E-state index in [1.165, 1.54) is 22.3 Å². The molecule has 7 nitrogen and oxygen atoms in total. The molecule has 2 heterocycles. The Morgan fingerprint density at radius 3 is 1.46 bits per heavy atom. The van der Waals surface area contributed by atoms with E-state index in [9.17, 15) is 0 Å². The molecular formula is C33H28ClN3O4. The van der Waals surface area contributed by atoms with E-state index in [2.05, 4.69) is 145 Å². The van der Waals surface area contributed by atoms with Gasteiger partial charge in [0.25, 0.3) is 0 Å². The number of halogens is 1. The number of imidazole rings is 1. The number of hydrogen-bond donors (Lipinski definition) is 0. The summed E-state index contributed by atoms with van der Waals surface area (Å²) in [6, 6.07) is 40.8. The quantitative estimate of drug-likeness (QED) is 0.305. The molecule has 206 valence electrons. The minimum absolute atomic E-state index is 0.896. The maximum atomic E-state index is 8.49. The Morgan fingerprint density at radius 2 is 1.00 bits per heavy atom. The van der Waals surface area contributed by atoms with E-state index >= 15 is 0 Å². The van der Waals surface area contributed by atoms with Gasteiger partial charge in [-0.05, 0) is 60.4 Å². The summed E-state index contributed by atoms with van der Waals surface area (Å²) in [5.74, 6) is 0.896. The van der Waals surface area contributed by atoms with Gasteiger partial charge in [0.05, 0.1) is 7.05 Å². The van der Waals surface area contributed by atoms with E-state index in [0.29, 0.717) is 0 Å². The Bertz CT molecular complexity index is 1730. The van der Waals surface area contributed by atoms with E-state index in [4.69, 9.17) is 23.6 Å². The van der Waals surface area contributed by atoms with Gasteiger partial charge in [-0.2, -0.15) is 4.57 Å². The van der Waals surface area contributed by atoms with Crippen molar-refractivity contribution in [1.29, 1.82) is 0 Å². The molecule has 6 aromatic rings. The fourth-order valence-electron chi connectivity index (χ4n) is 4.88. The highest BCUT2D eigenvalue weighted by atomic mass is 35.7. The molecule has 0 unspecified atom stereocenters. The second-order valence-electron chi connectivity index (χ2n) is 9.72. The van der Waals surface area contributed by atoms with Crippen LogP contribution in [0.25, 0.3) is 50.6 Å². The van der Waals surface area contributed by atoms with Crippen LogP contribution in [0.5, 0.6) is 0 Å². The summed E-state index contributed by atoms with van der Waals surface area (Å²) >= 11 is 0. The van der Waals surface area contributed by atoms with Crippen molar-refractivity contribution in [2.75, 3.05) is 0 Å². The molecule has 0 saturated carbocycles. The van der Waals surface area contributed by atoms with Crippen LogP contribution in [-0.4, -0.2) is 9.55 Å². The molecule has 6 rings (SSSR count). The molecule has 0 amide bonds. The number of fused-ring (bicyclic) bond motifs is 1. The number of pyridine rings is 1. The predicted molar refractivity (Wildman–Crippen MR) is 148 cm³/mol. The molecule has 0 saturated heterocycles. The molecule has 0 fully saturated rings. The van der Waals surface area contributed by atoms with Gasteiger partial charge in [0.1, 0.15) is 16.9 Å². The van der Waals surface area contributed by atoms with Gasteiger partial charge < -0.3 is 0 Å². The molecule has 8 heteroatoms. The zero-order chi connectivity index (χ0) is 29.1. The minimum atomic E-state index is -4.94. The lowest BCUT2D eigenvalue weighted by Gasteiger charge is -2.17. The van der Waals surface area contributed by atoms with Crippen molar-refractivity contribution in [2.45, 2.75) is 13.8 Å². The fourth-order valence-corrected chi connectivity index (χ4v) is 4.88. The second-order valence-corrected chi connectivity index (χ2v) is 10.5. The number of nitrogens with zero attached hydrogens (tertiary/aromatic N) is 3. The van der Waals surface area contributed by atoms with E-state index in [-0.39, 0.29) is 0 Å². The number of aryl methyl sites for hydroxylation is 3. The third kappa shape index (κ3) is 6.36. The van der Waals surface area contributed by atoms with Crippen LogP contribution in [0.15, 0.2) is 115 Å². The average Bonchev–Trinajstić information content (AvgIpc) is 3.27. The minimum Gasteiger partial charge on any atom is -0.227 e. The number of rotatable bonds is 4. The molecule has 41 heavy (non-hydrogen) atoms. The van der Waals surface area contributed by atoms with Gasteiger partial charge in [0.15, 0.2) is 5.52 Å². The van der Waals surface area contributed by atoms with Gasteiger partial charge in [-0.3, -0.25) is 0 Å². The summed E-state index contributed by atoms with van der Waals surface area (Å²) in [6.45, 7) is 4.31. The first kappa shape index (κ1) is 28.2. The van der Waals surface area contributed by atoms with Crippen molar-refractivity contribution in [3.63, 3.8) is 0 Å². The van der Waals surface area contributed by atoms with Crippen LogP contribution in [-0.2, 0) is 7.05 Å². The van der Waals surface area contributed by atoms with Crippen LogP contribution in [0, 0.1) is 24.1 Å². The lowest BCUT2D eigenvalue weighted by Crippen LogP contribution is -2.68. The fraction of sp³-hybridized carbons (Fsp3) is 0.0909. The Balaban J connectivity index is 0.000000623. The molecule has 0 radical (unpaired) electrons. The standard InChI is InChI=1S/C33H28N3.ClHO4/c1-23-19-29-32(20-24(23)2)35(3)33(34-29)36-30(26-15-9-5-10-16-26)21-28(25-13-7-4-8-14-25)22-31(36)27-17-11-6-12-18-27;2-1(3,4)5/h4-22H,1-3H3;(H,2,3,4,5)/q+1;/p-1. The van der Waals surface area contributed by atoms with Crippen molar-refractivity contribution in [3.8, 4) is 39.6 Å². The Kier molecular flexibility index (Phi) is 7.99. The highest BCUT2D eigenvalue weighted by Gasteiger charge is 2.27. The molecule has 0 aliphatic heterocycles. The highest BCUT2D eigenvalue weighted by molar-refractivity contribution is 5.79. The molecule has 0 N–H and O–H groups in total. The van der Waals surface area contributed by atoms with E-state index in [1.807, 2.05) is 0 Å². The van der Waals surface area contributed by atoms with Crippen molar-refractivity contribution < 1.29 is 33.4 Å². The molecule has 0 atom stereocenters. The van der Waals surface area contributed by atoms with Crippen LogP contribution in [0.2, 0.25) is 0 Å². The zero-order valence-electron chi connectivity index (χ0n) is 22.8. The van der Waals surface area contributed by atoms with Crippen molar-refractivity contribution in [1.82, 2.24) is 9.55 Å². The summed E-state index contributed by atoms with van der Waals surface area (Å²) in [6.07, 6.45) is 0. The molecule has 0 spiro atoms. The van der Waals surface area contributed by atoms with Gasteiger partial charge in [-0.1, -0.05) is 96.0 Å². The largest absolute Gasteiger partial charge is 0.405 e. The summed E-state index contributed by atoms with van der Waals surface area (Å²) in [5, 5.41) is 0. The van der Waals surface area contributed by atoms with Crippen LogP contribution in [0.4, 0.5) is 0 Å². The number of hydrogen-bond acceptors (Lipinski definition) is 5. The third-order valence-corrected chi connectivity index (χ3v) is 6.99. The number of benzene rings is 4. The maximum absolute atomic E-state index is 8.49. The van der Waals surface area contributed by atoms with E-state index in [0.717, 1.165) is 39.5 Å². The number of aromatic nitrogens is 3. The third-order valence-electron chi connectivity index (χ3n) is 6.99. The van der Waals surface area contributed by atoms with E-state index < -0.39 is 10.2 Å². The molecule has 0 aliphatic carbocycles. The van der Waals surface area contributed by atoms with Crippen molar-refractivity contribution >= 4 is 11.0 Å². The highest BCUT2D eigenvalue weighted by Crippen LogP contribution is 2.31. The van der Waals surface area contributed by atoms with Crippen LogP contribution < -0.4 is 23.2 Å². The summed E-state index contributed by atoms with van der Waals surface area (Å²) in [5.41, 5.74) is 11.5. The SMILES string of the molecule is Cc1cc2nc(-[n+]3c(-c4ccccc4)cc(-c4ccccc4)cc3-c3ccccc3)n(C)c2cc1C.[O-][Cl+3]([O-])([O-])[O-]. The zero-order valence-corrected chi connectivity index (χ0v) is 23.6. The Hall–Kier alpha value is -4.37. The van der Waals surface area contributed by atoms with E-state index in [1.54, 1.807) is 0 Å². The maximum Gasteiger partial charge on any atom is 0.405 e. The molecule has 4 aromatic carbocycles. The van der Waals surface area contributed by atoms with Gasteiger partial charge in [-0.15, -0.1) is 10.2 Å². The lowest BCUT2D eigenvalue weighted by atomic mass is 9.99. The molecular weight excluding hydrogens is 538 g/mol. The van der Waals surface area contributed by atoms with Crippen molar-refractivity contribution in [3.05, 3.63) is 126 Å². The first-order chi connectivity index (χ1) is 19.6. The molecule has 2 aromatic heterocycles. The molecule has 0 aliphatic rings. The van der Waals surface area contributed by atoms with Crippen LogP contribution in [0.1, 0.15) is 11.1 Å². The van der Waals surface area contributed by atoms with Gasteiger partial charge in [-0.25, -0.2) is 23.2 Å². The van der Waals surface area contributed by atoms with Crippen LogP contribution >= 0.6 is 0 Å². The van der Waals surface area contributed by atoms with Crippen LogP contribution in [0.3, 0.4) is 0 Å². The topological polar surface area (TPSA) is 114 Å². The van der Waals surface area contributed by atoms with Gasteiger partial charge in [0, 0.05) is 11.1 Å². The lowest BCUT2D eigenvalue weighted by molar-refractivity contribution is -2.00. The van der Waals surface area contributed by atoms with Gasteiger partial charge in [0.2, 0.25) is 0 Å². The second kappa shape index (κ2) is 11.6. The first-order valence-corrected chi connectivity index (χ1v) is 14.2. The Morgan fingerprint density at radius 1 is 0.585 bits per heavy atom. The average molecular weight is 566 g/mol. The first-order valence-electron chi connectivity index (χ1n) is 12.9. The molecule has 0 bridgehead atoms. The van der Waals surface area contributed by atoms with Gasteiger partial charge >= 0.3 is 5.95 Å². The summed E-state index contributed by atoms with van der Waals surface area (Å²) < 4.78 is 38.5. The normalized spacial score (nSPS) is 11.3. The smallest absolute Gasteiger partial charge is 0.227 e. The van der Waals surface area contributed by atoms with Crippen molar-refractivity contribution in [2.24, 2.45) is 7.05 Å². The predicted octanol–water partition coefficient (Wildman–Crippen LogP) is 2.71. The summed E-state index contributed by atoms with van der Waals surface area (Å²) in [4.78, 5) is 5.19. The monoisotopic (exact) mass is 565 g/mol.